The second-order valence-corrected chi connectivity index (χ2v) is 6.95. The third-order valence-electron chi connectivity index (χ3n) is 2.75. The maximum Gasteiger partial charge on any atom is 0.154 e. The first-order chi connectivity index (χ1) is 6.46. The van der Waals surface area contributed by atoms with E-state index in [9.17, 15) is 8.42 Å². The van der Waals surface area contributed by atoms with E-state index in [0.29, 0.717) is 0 Å². The van der Waals surface area contributed by atoms with E-state index in [1.165, 1.54) is 0 Å². The molecule has 1 aliphatic rings. The van der Waals surface area contributed by atoms with Crippen molar-refractivity contribution in [3.63, 3.8) is 0 Å². The van der Waals surface area contributed by atoms with Gasteiger partial charge in [0.2, 0.25) is 0 Å². The highest BCUT2D eigenvalue weighted by Crippen LogP contribution is 2.40. The molecule has 78 valence electrons. The lowest BCUT2D eigenvalue weighted by Gasteiger charge is -2.45. The molecule has 0 saturated carbocycles. The SMILES string of the molecule is CN(C)C1(c2cccs2)CS(=O)(=O)C1. The number of sulfone groups is 1. The maximum atomic E-state index is 11.3. The molecular weight excluding hydrogens is 218 g/mol. The van der Waals surface area contributed by atoms with Gasteiger partial charge < -0.3 is 0 Å². The molecule has 1 saturated heterocycles. The van der Waals surface area contributed by atoms with Crippen molar-refractivity contribution < 1.29 is 8.42 Å². The van der Waals surface area contributed by atoms with E-state index < -0.39 is 9.84 Å². The predicted molar refractivity (Wildman–Crippen MR) is 58.3 cm³/mol. The molecule has 0 bridgehead atoms. The summed E-state index contributed by atoms with van der Waals surface area (Å²) in [5.74, 6) is 0.515. The fourth-order valence-corrected chi connectivity index (χ4v) is 5.24. The van der Waals surface area contributed by atoms with Crippen LogP contribution < -0.4 is 0 Å². The summed E-state index contributed by atoms with van der Waals surface area (Å²) in [4.78, 5) is 3.16. The van der Waals surface area contributed by atoms with Crippen molar-refractivity contribution in [1.29, 1.82) is 0 Å². The molecule has 3 nitrogen and oxygen atoms in total. The van der Waals surface area contributed by atoms with Crippen LogP contribution in [0, 0.1) is 0 Å². The first-order valence-corrected chi connectivity index (χ1v) is 7.08. The average Bonchev–Trinajstić information content (AvgIpc) is 2.50. The molecule has 0 radical (unpaired) electrons. The lowest BCUT2D eigenvalue weighted by atomic mass is 10.0. The quantitative estimate of drug-likeness (QED) is 0.760. The molecule has 0 amide bonds. The molecule has 1 aromatic heterocycles. The highest BCUT2D eigenvalue weighted by atomic mass is 32.2. The van der Waals surface area contributed by atoms with Crippen LogP contribution in [0.5, 0.6) is 0 Å². The Balaban J connectivity index is 2.37. The van der Waals surface area contributed by atoms with E-state index in [0.717, 1.165) is 4.88 Å². The zero-order chi connectivity index (χ0) is 10.4. The molecule has 5 heteroatoms. The van der Waals surface area contributed by atoms with Crippen molar-refractivity contribution in [3.8, 4) is 0 Å². The van der Waals surface area contributed by atoms with Gasteiger partial charge in [0, 0.05) is 4.88 Å². The van der Waals surface area contributed by atoms with Crippen LogP contribution in [-0.2, 0) is 15.4 Å². The number of thiophene rings is 1. The molecule has 14 heavy (non-hydrogen) atoms. The minimum Gasteiger partial charge on any atom is -0.297 e. The Kier molecular flexibility index (Phi) is 2.21. The summed E-state index contributed by atoms with van der Waals surface area (Å²) < 4.78 is 22.6. The van der Waals surface area contributed by atoms with Crippen LogP contribution in [-0.4, -0.2) is 38.9 Å². The average molecular weight is 231 g/mol. The van der Waals surface area contributed by atoms with Gasteiger partial charge in [0.25, 0.3) is 0 Å². The number of hydrogen-bond acceptors (Lipinski definition) is 4. The normalized spacial score (nSPS) is 23.4. The van der Waals surface area contributed by atoms with E-state index >= 15 is 0 Å². The molecule has 1 aliphatic heterocycles. The maximum absolute atomic E-state index is 11.3. The van der Waals surface area contributed by atoms with Gasteiger partial charge in [-0.2, -0.15) is 0 Å². The summed E-state index contributed by atoms with van der Waals surface area (Å²) in [7, 11) is 1.08. The van der Waals surface area contributed by atoms with E-state index in [1.54, 1.807) is 11.3 Å². The second kappa shape index (κ2) is 3.05. The Morgan fingerprint density at radius 1 is 1.43 bits per heavy atom. The predicted octanol–water partition coefficient (Wildman–Crippen LogP) is 0.933. The molecule has 0 aliphatic carbocycles. The van der Waals surface area contributed by atoms with Gasteiger partial charge in [0.1, 0.15) is 0 Å². The second-order valence-electron chi connectivity index (χ2n) is 3.94. The molecule has 2 heterocycles. The van der Waals surface area contributed by atoms with Crippen LogP contribution in [0.3, 0.4) is 0 Å². The van der Waals surface area contributed by atoms with Crippen LogP contribution in [0.4, 0.5) is 0 Å². The lowest BCUT2D eigenvalue weighted by Crippen LogP contribution is -2.60. The zero-order valence-corrected chi connectivity index (χ0v) is 9.86. The van der Waals surface area contributed by atoms with Crippen molar-refractivity contribution in [1.82, 2.24) is 4.90 Å². The number of hydrogen-bond donors (Lipinski definition) is 0. The molecule has 0 unspecified atom stereocenters. The first-order valence-electron chi connectivity index (χ1n) is 4.38. The van der Waals surface area contributed by atoms with Crippen LogP contribution in [0.15, 0.2) is 17.5 Å². The van der Waals surface area contributed by atoms with Gasteiger partial charge in [0.05, 0.1) is 17.0 Å². The minimum absolute atomic E-state index is 0.257. The van der Waals surface area contributed by atoms with Crippen molar-refractivity contribution in [3.05, 3.63) is 22.4 Å². The topological polar surface area (TPSA) is 37.4 Å². The van der Waals surface area contributed by atoms with Crippen molar-refractivity contribution in [2.45, 2.75) is 5.54 Å². The van der Waals surface area contributed by atoms with Gasteiger partial charge in [-0.05, 0) is 25.5 Å². The van der Waals surface area contributed by atoms with E-state index in [2.05, 4.69) is 0 Å². The summed E-state index contributed by atoms with van der Waals surface area (Å²) in [5.41, 5.74) is -0.257. The van der Waals surface area contributed by atoms with Crippen LogP contribution >= 0.6 is 11.3 Å². The number of nitrogens with zero attached hydrogens (tertiary/aromatic N) is 1. The van der Waals surface area contributed by atoms with Crippen LogP contribution in [0.25, 0.3) is 0 Å². The highest BCUT2D eigenvalue weighted by molar-refractivity contribution is 7.93. The summed E-state index contributed by atoms with van der Waals surface area (Å²) in [5, 5.41) is 1.99. The van der Waals surface area contributed by atoms with Gasteiger partial charge >= 0.3 is 0 Å². The van der Waals surface area contributed by atoms with Gasteiger partial charge in [0.15, 0.2) is 9.84 Å². The molecule has 1 fully saturated rings. The van der Waals surface area contributed by atoms with E-state index in [-0.39, 0.29) is 17.0 Å². The van der Waals surface area contributed by atoms with Crippen molar-refractivity contribution >= 4 is 21.2 Å². The van der Waals surface area contributed by atoms with Gasteiger partial charge in [-0.3, -0.25) is 4.90 Å². The fraction of sp³-hybridized carbons (Fsp3) is 0.556. The highest BCUT2D eigenvalue weighted by Gasteiger charge is 2.52. The van der Waals surface area contributed by atoms with Gasteiger partial charge in [-0.15, -0.1) is 11.3 Å². The summed E-state index contributed by atoms with van der Waals surface area (Å²) in [6.45, 7) is 0. The van der Waals surface area contributed by atoms with Crippen LogP contribution in [0.1, 0.15) is 4.88 Å². The monoisotopic (exact) mass is 231 g/mol. The Hall–Kier alpha value is -0.390. The Morgan fingerprint density at radius 3 is 2.43 bits per heavy atom. The summed E-state index contributed by atoms with van der Waals surface area (Å²) >= 11 is 1.63. The fourth-order valence-electron chi connectivity index (χ4n) is 1.85. The third-order valence-corrected chi connectivity index (χ3v) is 5.65. The summed E-state index contributed by atoms with van der Waals surface area (Å²) in [6.07, 6.45) is 0. The Labute approximate surface area is 88.3 Å². The summed E-state index contributed by atoms with van der Waals surface area (Å²) in [6, 6.07) is 3.98. The molecule has 0 spiro atoms. The minimum atomic E-state index is -2.80. The first kappa shape index (κ1) is 10.1. The number of rotatable bonds is 2. The molecule has 2 rings (SSSR count). The molecular formula is C9H13NO2S2. The van der Waals surface area contributed by atoms with Gasteiger partial charge in [-0.1, -0.05) is 6.07 Å². The largest absolute Gasteiger partial charge is 0.297 e. The standard InChI is InChI=1S/C9H13NO2S2/c1-10(2)9(6-14(11,12)7-9)8-4-3-5-13-8/h3-5H,6-7H2,1-2H3. The smallest absolute Gasteiger partial charge is 0.154 e. The lowest BCUT2D eigenvalue weighted by molar-refractivity contribution is 0.188. The van der Waals surface area contributed by atoms with E-state index in [4.69, 9.17) is 0 Å². The zero-order valence-electron chi connectivity index (χ0n) is 8.23. The molecule has 0 atom stereocenters. The van der Waals surface area contributed by atoms with E-state index in [1.807, 2.05) is 36.5 Å². The Bertz CT molecular complexity index is 408. The van der Waals surface area contributed by atoms with Crippen molar-refractivity contribution in [2.75, 3.05) is 25.6 Å². The van der Waals surface area contributed by atoms with Gasteiger partial charge in [-0.25, -0.2) is 8.42 Å². The molecule has 0 aromatic carbocycles. The Morgan fingerprint density at radius 2 is 2.07 bits per heavy atom. The molecule has 0 N–H and O–H groups in total. The van der Waals surface area contributed by atoms with Crippen LogP contribution in [0.2, 0.25) is 0 Å². The van der Waals surface area contributed by atoms with Crippen molar-refractivity contribution in [2.24, 2.45) is 0 Å². The molecule has 1 aromatic rings. The third kappa shape index (κ3) is 1.39.